The Balaban J connectivity index is 1.95. The van der Waals surface area contributed by atoms with Crippen LogP contribution in [-0.4, -0.2) is 31.4 Å². The minimum Gasteiger partial charge on any atom is -0.321 e. The third-order valence-corrected chi connectivity index (χ3v) is 5.73. The van der Waals surface area contributed by atoms with Crippen LogP contribution in [0.2, 0.25) is 0 Å². The molecule has 0 atom stereocenters. The Labute approximate surface area is 152 Å². The molecular formula is C16H11FN4O3S2. The molecule has 0 radical (unpaired) electrons. The monoisotopic (exact) mass is 390 g/mol. The first-order valence-electron chi connectivity index (χ1n) is 7.17. The van der Waals surface area contributed by atoms with Gasteiger partial charge >= 0.3 is 10.2 Å². The zero-order chi connectivity index (χ0) is 18.9. The Morgan fingerprint density at radius 2 is 2.15 bits per heavy atom. The molecule has 10 heteroatoms. The van der Waals surface area contributed by atoms with Crippen molar-refractivity contribution in [3.8, 4) is 6.07 Å². The fraction of sp³-hybridized carbons (Fsp3) is 0.0625. The van der Waals surface area contributed by atoms with Crippen molar-refractivity contribution in [1.82, 2.24) is 4.31 Å². The van der Waals surface area contributed by atoms with Crippen LogP contribution < -0.4 is 5.32 Å². The van der Waals surface area contributed by atoms with Crippen molar-refractivity contribution in [2.75, 3.05) is 12.4 Å². The third-order valence-electron chi connectivity index (χ3n) is 3.52. The normalized spacial score (nSPS) is 15.7. The van der Waals surface area contributed by atoms with Crippen LogP contribution in [0.5, 0.6) is 0 Å². The largest absolute Gasteiger partial charge is 0.345 e. The lowest BCUT2D eigenvalue weighted by Crippen LogP contribution is -2.35. The lowest BCUT2D eigenvalue weighted by molar-refractivity contribution is -0.113. The molecule has 0 unspecified atom stereocenters. The summed E-state index contributed by atoms with van der Waals surface area (Å²) in [5.41, 5.74) is -0.0617. The molecular weight excluding hydrogens is 379 g/mol. The topological polar surface area (TPSA) is 103 Å². The Bertz CT molecular complexity index is 1080. The summed E-state index contributed by atoms with van der Waals surface area (Å²) in [5, 5.41) is 13.1. The molecule has 1 aliphatic heterocycles. The molecule has 1 N–H and O–H groups in total. The van der Waals surface area contributed by atoms with Gasteiger partial charge in [0, 0.05) is 12.7 Å². The van der Waals surface area contributed by atoms with E-state index in [1.54, 1.807) is 23.6 Å². The molecule has 1 aliphatic rings. The highest BCUT2D eigenvalue weighted by atomic mass is 32.2. The maximum atomic E-state index is 13.4. The van der Waals surface area contributed by atoms with E-state index < -0.39 is 21.9 Å². The summed E-state index contributed by atoms with van der Waals surface area (Å²) in [4.78, 5) is 13.1. The molecule has 1 aromatic carbocycles. The lowest BCUT2D eigenvalue weighted by Gasteiger charge is -2.23. The molecule has 0 spiro atoms. The van der Waals surface area contributed by atoms with Crippen molar-refractivity contribution < 1.29 is 17.6 Å². The molecule has 3 rings (SSSR count). The van der Waals surface area contributed by atoms with Crippen LogP contribution in [0, 0.1) is 17.1 Å². The van der Waals surface area contributed by atoms with Crippen molar-refractivity contribution >= 4 is 38.9 Å². The Morgan fingerprint density at radius 3 is 2.81 bits per heavy atom. The van der Waals surface area contributed by atoms with Crippen LogP contribution in [0.15, 0.2) is 51.9 Å². The minimum absolute atomic E-state index is 0.147. The predicted octanol–water partition coefficient (Wildman–Crippen LogP) is 2.26. The number of nitrogens with one attached hydrogen (secondary N) is 1. The fourth-order valence-electron chi connectivity index (χ4n) is 2.19. The summed E-state index contributed by atoms with van der Waals surface area (Å²) in [6.07, 6.45) is 1.36. The number of allylic oxidation sites excluding steroid dienone is 1. The number of anilines is 1. The van der Waals surface area contributed by atoms with Gasteiger partial charge in [-0.1, -0.05) is 6.07 Å². The number of hydrogen-bond donors (Lipinski definition) is 1. The molecule has 132 valence electrons. The van der Waals surface area contributed by atoms with Gasteiger partial charge in [-0.3, -0.25) is 4.79 Å². The summed E-state index contributed by atoms with van der Waals surface area (Å²) in [6.45, 7) is 0. The summed E-state index contributed by atoms with van der Waals surface area (Å²) in [7, 11) is -2.85. The first-order valence-corrected chi connectivity index (χ1v) is 9.45. The second-order valence-corrected chi connectivity index (χ2v) is 7.76. The summed E-state index contributed by atoms with van der Waals surface area (Å²) < 4.78 is 42.3. The van der Waals surface area contributed by atoms with Gasteiger partial charge in [0.25, 0.3) is 5.91 Å². The molecule has 0 fully saturated rings. The zero-order valence-electron chi connectivity index (χ0n) is 13.3. The SMILES string of the molecule is CN1C(C(=O)Nc2ccc(F)c(C#N)c2)=CC(c2cccs2)=NS1(=O)=O. The highest BCUT2D eigenvalue weighted by Crippen LogP contribution is 2.23. The Kier molecular flexibility index (Phi) is 4.58. The first-order chi connectivity index (χ1) is 12.3. The van der Waals surface area contributed by atoms with E-state index in [9.17, 15) is 17.6 Å². The van der Waals surface area contributed by atoms with Gasteiger partial charge in [-0.25, -0.2) is 8.70 Å². The van der Waals surface area contributed by atoms with E-state index >= 15 is 0 Å². The van der Waals surface area contributed by atoms with Crippen molar-refractivity contribution in [2.45, 2.75) is 0 Å². The van der Waals surface area contributed by atoms with Gasteiger partial charge < -0.3 is 5.32 Å². The van der Waals surface area contributed by atoms with E-state index in [0.29, 0.717) is 4.88 Å². The van der Waals surface area contributed by atoms with Crippen LogP contribution in [0.25, 0.3) is 0 Å². The van der Waals surface area contributed by atoms with Crippen molar-refractivity contribution in [3.63, 3.8) is 0 Å². The van der Waals surface area contributed by atoms with Crippen molar-refractivity contribution in [2.24, 2.45) is 4.40 Å². The van der Waals surface area contributed by atoms with Gasteiger partial charge in [0.2, 0.25) is 0 Å². The number of benzene rings is 1. The fourth-order valence-corrected chi connectivity index (χ4v) is 3.84. The average Bonchev–Trinajstić information content (AvgIpc) is 3.13. The van der Waals surface area contributed by atoms with Gasteiger partial charge in [0.1, 0.15) is 17.6 Å². The number of likely N-dealkylation sites (N-methyl/N-ethyl adjacent to an activating group) is 1. The average molecular weight is 390 g/mol. The van der Waals surface area contributed by atoms with Crippen LogP contribution in [0.1, 0.15) is 10.4 Å². The van der Waals surface area contributed by atoms with E-state index in [4.69, 9.17) is 5.26 Å². The molecule has 26 heavy (non-hydrogen) atoms. The second kappa shape index (κ2) is 6.70. The Hall–Kier alpha value is -3.03. The van der Waals surface area contributed by atoms with Gasteiger partial charge in [0.05, 0.1) is 16.2 Å². The number of thiophene rings is 1. The molecule has 2 heterocycles. The number of carbonyl (C=O) groups excluding carboxylic acids is 1. The number of nitrogens with zero attached hydrogens (tertiary/aromatic N) is 3. The molecule has 7 nitrogen and oxygen atoms in total. The van der Waals surface area contributed by atoms with E-state index in [2.05, 4.69) is 9.71 Å². The second-order valence-electron chi connectivity index (χ2n) is 5.19. The molecule has 1 aromatic heterocycles. The molecule has 0 bridgehead atoms. The molecule has 0 aliphatic carbocycles. The number of rotatable bonds is 3. The number of nitriles is 1. The minimum atomic E-state index is -4.06. The molecule has 2 aromatic rings. The predicted molar refractivity (Wildman–Crippen MR) is 95.4 cm³/mol. The highest BCUT2D eigenvalue weighted by molar-refractivity contribution is 7.88. The van der Waals surface area contributed by atoms with E-state index in [1.807, 2.05) is 0 Å². The standard InChI is InChI=1S/C16H11FN4O3S2/c1-21-14(8-13(20-26(21,23)24)15-3-2-6-25-15)16(22)19-11-4-5-12(17)10(7-11)9-18/h2-8H,1H3,(H,19,22). The van der Waals surface area contributed by atoms with E-state index in [-0.39, 0.29) is 22.7 Å². The van der Waals surface area contributed by atoms with Crippen LogP contribution in [-0.2, 0) is 15.0 Å². The number of hydrogen-bond acceptors (Lipinski definition) is 5. The van der Waals surface area contributed by atoms with Crippen LogP contribution in [0.4, 0.5) is 10.1 Å². The van der Waals surface area contributed by atoms with E-state index in [1.165, 1.54) is 36.6 Å². The lowest BCUT2D eigenvalue weighted by atomic mass is 10.2. The number of carbonyl (C=O) groups is 1. The van der Waals surface area contributed by atoms with Gasteiger partial charge in [-0.2, -0.15) is 13.7 Å². The molecule has 1 amide bonds. The van der Waals surface area contributed by atoms with Crippen molar-refractivity contribution in [3.05, 3.63) is 63.7 Å². The first kappa shape index (κ1) is 17.8. The summed E-state index contributed by atoms with van der Waals surface area (Å²) in [6, 6.07) is 8.59. The maximum Gasteiger partial charge on any atom is 0.345 e. The maximum absolute atomic E-state index is 13.4. The quantitative estimate of drug-likeness (QED) is 0.868. The van der Waals surface area contributed by atoms with Crippen LogP contribution in [0.3, 0.4) is 0 Å². The summed E-state index contributed by atoms with van der Waals surface area (Å²) >= 11 is 1.29. The van der Waals surface area contributed by atoms with Crippen LogP contribution >= 0.6 is 11.3 Å². The number of amides is 1. The van der Waals surface area contributed by atoms with Gasteiger partial charge in [-0.15, -0.1) is 15.7 Å². The van der Waals surface area contributed by atoms with Gasteiger partial charge in [0.15, 0.2) is 0 Å². The van der Waals surface area contributed by atoms with Gasteiger partial charge in [-0.05, 0) is 35.7 Å². The Morgan fingerprint density at radius 1 is 1.38 bits per heavy atom. The third kappa shape index (κ3) is 3.35. The highest BCUT2D eigenvalue weighted by Gasteiger charge is 2.30. The zero-order valence-corrected chi connectivity index (χ0v) is 14.9. The molecule has 0 saturated carbocycles. The smallest absolute Gasteiger partial charge is 0.321 e. The summed E-state index contributed by atoms with van der Waals surface area (Å²) in [5.74, 6) is -1.44. The van der Waals surface area contributed by atoms with E-state index in [0.717, 1.165) is 10.4 Å². The number of halogens is 1. The molecule has 0 saturated heterocycles. The van der Waals surface area contributed by atoms with Crippen molar-refractivity contribution in [1.29, 1.82) is 5.26 Å².